The molecule has 0 saturated carbocycles. The van der Waals surface area contributed by atoms with Gasteiger partial charge in [0.05, 0.1) is 18.2 Å². The number of aromatic amines is 1. The van der Waals surface area contributed by atoms with Crippen molar-refractivity contribution < 1.29 is 40.7 Å². The Morgan fingerprint density at radius 2 is 1.83 bits per heavy atom. The van der Waals surface area contributed by atoms with Crippen LogP contribution < -0.4 is 10.1 Å². The molecule has 2 N–H and O–H groups in total. The van der Waals surface area contributed by atoms with Crippen LogP contribution in [-0.2, 0) is 4.79 Å². The van der Waals surface area contributed by atoms with Gasteiger partial charge in [0, 0.05) is 29.1 Å². The number of anilines is 1. The summed E-state index contributed by atoms with van der Waals surface area (Å²) in [5.74, 6) is -3.70. The molecule has 1 aliphatic rings. The second-order valence-electron chi connectivity index (χ2n) is 7.65. The number of ether oxygens (including phenoxy) is 1. The molecule has 0 fully saturated rings. The number of benzene rings is 2. The molecule has 1 aliphatic heterocycles. The van der Waals surface area contributed by atoms with Crippen LogP contribution in [0.5, 0.6) is 5.75 Å². The van der Waals surface area contributed by atoms with E-state index in [0.29, 0.717) is 4.90 Å². The average Bonchev–Trinajstić information content (AvgIpc) is 3.28. The zero-order valence-corrected chi connectivity index (χ0v) is 17.5. The number of alkyl halides is 6. The third-order valence-electron chi connectivity index (χ3n) is 5.27. The summed E-state index contributed by atoms with van der Waals surface area (Å²) in [7, 11) is 0. The quantitative estimate of drug-likeness (QED) is 0.496. The number of carbonyl (C=O) groups is 2. The van der Waals surface area contributed by atoms with Crippen LogP contribution >= 0.6 is 0 Å². The van der Waals surface area contributed by atoms with E-state index in [2.05, 4.69) is 20.3 Å². The predicted octanol–water partition coefficient (Wildman–Crippen LogP) is 4.79. The third-order valence-corrected chi connectivity index (χ3v) is 5.27. The van der Waals surface area contributed by atoms with Crippen LogP contribution in [-0.4, -0.2) is 46.0 Å². The number of H-pyrrole nitrogens is 1. The van der Waals surface area contributed by atoms with Crippen LogP contribution in [0.3, 0.4) is 0 Å². The van der Waals surface area contributed by atoms with Gasteiger partial charge in [-0.2, -0.15) is 18.3 Å². The molecule has 2 heterocycles. The summed E-state index contributed by atoms with van der Waals surface area (Å²) < 4.78 is 81.9. The number of fused-ring (bicyclic) bond motifs is 1. The van der Waals surface area contributed by atoms with Crippen LogP contribution in [0.25, 0.3) is 0 Å². The Labute approximate surface area is 193 Å². The first-order valence-electron chi connectivity index (χ1n) is 10.0. The second kappa shape index (κ2) is 8.96. The summed E-state index contributed by atoms with van der Waals surface area (Å²) in [5, 5.41) is 8.63. The van der Waals surface area contributed by atoms with Gasteiger partial charge in [0.25, 0.3) is 5.91 Å². The number of rotatable bonds is 5. The van der Waals surface area contributed by atoms with Crippen LogP contribution in [0, 0.1) is 0 Å². The van der Waals surface area contributed by atoms with Crippen molar-refractivity contribution in [2.45, 2.75) is 24.5 Å². The van der Waals surface area contributed by atoms with Gasteiger partial charge in [0.1, 0.15) is 12.3 Å². The van der Waals surface area contributed by atoms with Gasteiger partial charge in [0.2, 0.25) is 5.91 Å². The number of nitrogens with one attached hydrogen (secondary N) is 2. The molecule has 0 aliphatic carbocycles. The Hall–Kier alpha value is -4.03. The summed E-state index contributed by atoms with van der Waals surface area (Å²) in [6.45, 7) is -1.63. The zero-order valence-electron chi connectivity index (χ0n) is 17.5. The van der Waals surface area contributed by atoms with E-state index in [-0.39, 0.29) is 22.4 Å². The summed E-state index contributed by atoms with van der Waals surface area (Å²) in [5.41, 5.74) is 0.138. The van der Waals surface area contributed by atoms with E-state index in [1.807, 2.05) is 0 Å². The molecule has 2 atom stereocenters. The maximum Gasteiger partial charge on any atom is 0.573 e. The number of amides is 2. The topological polar surface area (TPSA) is 87.3 Å². The predicted molar refractivity (Wildman–Crippen MR) is 109 cm³/mol. The van der Waals surface area contributed by atoms with Crippen LogP contribution in [0.15, 0.2) is 60.9 Å². The largest absolute Gasteiger partial charge is 0.573 e. The minimum atomic E-state index is -4.96. The molecule has 1 aromatic heterocycles. The van der Waals surface area contributed by atoms with E-state index in [0.717, 1.165) is 12.1 Å². The normalized spacial score (nSPS) is 18.2. The highest BCUT2D eigenvalue weighted by Gasteiger charge is 2.48. The smallest absolute Gasteiger partial charge is 0.406 e. The standard InChI is InChI=1S/C22H16F6N4O3/c23-21(24,25)11-32-18(12-9-29-30-10-12)17(15-6-1-2-7-16(15)20(32)34)19(33)31-13-4-3-5-14(8-13)35-22(26,27)28/h1-10,17-18H,11H2,(H,29,30)(H,31,33). The van der Waals surface area contributed by atoms with Crippen molar-refractivity contribution >= 4 is 17.5 Å². The van der Waals surface area contributed by atoms with Crippen molar-refractivity contribution in [2.75, 3.05) is 11.9 Å². The Morgan fingerprint density at radius 1 is 1.09 bits per heavy atom. The van der Waals surface area contributed by atoms with Gasteiger partial charge >= 0.3 is 12.5 Å². The number of hydrogen-bond acceptors (Lipinski definition) is 4. The van der Waals surface area contributed by atoms with Gasteiger partial charge in [0.15, 0.2) is 0 Å². The highest BCUT2D eigenvalue weighted by Crippen LogP contribution is 2.44. The molecule has 184 valence electrons. The first-order chi connectivity index (χ1) is 16.4. The molecule has 3 aromatic rings. The summed E-state index contributed by atoms with van der Waals surface area (Å²) in [6.07, 6.45) is -7.26. The van der Waals surface area contributed by atoms with Crippen molar-refractivity contribution in [2.24, 2.45) is 0 Å². The number of carbonyl (C=O) groups excluding carboxylic acids is 2. The number of halogens is 6. The lowest BCUT2D eigenvalue weighted by Crippen LogP contribution is -2.49. The Balaban J connectivity index is 1.76. The Morgan fingerprint density at radius 3 is 2.49 bits per heavy atom. The molecule has 4 rings (SSSR count). The van der Waals surface area contributed by atoms with E-state index in [4.69, 9.17) is 0 Å². The summed E-state index contributed by atoms with van der Waals surface area (Å²) in [6, 6.07) is 8.78. The summed E-state index contributed by atoms with van der Waals surface area (Å²) >= 11 is 0. The molecule has 0 radical (unpaired) electrons. The molecule has 2 aromatic carbocycles. The lowest BCUT2D eigenvalue weighted by molar-refractivity contribution is -0.274. The molecule has 2 amide bonds. The minimum absolute atomic E-state index is 0.0838. The minimum Gasteiger partial charge on any atom is -0.406 e. The van der Waals surface area contributed by atoms with E-state index < -0.39 is 48.6 Å². The Kier molecular flexibility index (Phi) is 6.17. The second-order valence-corrected chi connectivity index (χ2v) is 7.65. The molecule has 0 saturated heterocycles. The van der Waals surface area contributed by atoms with Gasteiger partial charge in [-0.05, 0) is 23.8 Å². The van der Waals surface area contributed by atoms with E-state index in [9.17, 15) is 35.9 Å². The van der Waals surface area contributed by atoms with Crippen molar-refractivity contribution in [3.05, 3.63) is 77.6 Å². The van der Waals surface area contributed by atoms with Crippen molar-refractivity contribution in [3.63, 3.8) is 0 Å². The fourth-order valence-electron chi connectivity index (χ4n) is 4.03. The lowest BCUT2D eigenvalue weighted by Gasteiger charge is -2.41. The molecule has 0 bridgehead atoms. The molecule has 13 heteroatoms. The summed E-state index contributed by atoms with van der Waals surface area (Å²) in [4.78, 5) is 27.0. The van der Waals surface area contributed by atoms with Gasteiger partial charge in [-0.3, -0.25) is 14.7 Å². The molecule has 0 spiro atoms. The first-order valence-corrected chi connectivity index (χ1v) is 10.0. The number of aromatic nitrogens is 2. The third kappa shape index (κ3) is 5.39. The average molecular weight is 498 g/mol. The van der Waals surface area contributed by atoms with Crippen LogP contribution in [0.1, 0.15) is 33.4 Å². The maximum atomic E-state index is 13.4. The van der Waals surface area contributed by atoms with Crippen molar-refractivity contribution in [1.29, 1.82) is 0 Å². The fourth-order valence-corrected chi connectivity index (χ4v) is 4.03. The van der Waals surface area contributed by atoms with Gasteiger partial charge in [-0.15, -0.1) is 13.2 Å². The Bertz CT molecular complexity index is 1230. The van der Waals surface area contributed by atoms with Crippen LogP contribution in [0.2, 0.25) is 0 Å². The van der Waals surface area contributed by atoms with E-state index in [1.54, 1.807) is 0 Å². The lowest BCUT2D eigenvalue weighted by atomic mass is 9.79. The van der Waals surface area contributed by atoms with E-state index in [1.165, 1.54) is 48.8 Å². The van der Waals surface area contributed by atoms with Gasteiger partial charge in [-0.1, -0.05) is 24.3 Å². The van der Waals surface area contributed by atoms with Crippen molar-refractivity contribution in [1.82, 2.24) is 15.1 Å². The zero-order chi connectivity index (χ0) is 25.4. The SMILES string of the molecule is O=C(Nc1cccc(OC(F)(F)F)c1)C1c2ccccc2C(=O)N(CC(F)(F)F)C1c1cn[nH]c1. The van der Waals surface area contributed by atoms with Crippen LogP contribution in [0.4, 0.5) is 32.0 Å². The monoisotopic (exact) mass is 498 g/mol. The van der Waals surface area contributed by atoms with Gasteiger partial charge in [-0.25, -0.2) is 0 Å². The molecule has 2 unspecified atom stereocenters. The molecular formula is C22H16F6N4O3. The molecule has 35 heavy (non-hydrogen) atoms. The molecule has 7 nitrogen and oxygen atoms in total. The fraction of sp³-hybridized carbons (Fsp3) is 0.227. The van der Waals surface area contributed by atoms with Crippen molar-refractivity contribution in [3.8, 4) is 5.75 Å². The molecular weight excluding hydrogens is 482 g/mol. The van der Waals surface area contributed by atoms with E-state index >= 15 is 0 Å². The number of hydrogen-bond donors (Lipinski definition) is 2. The maximum absolute atomic E-state index is 13.4. The first kappa shape index (κ1) is 24.1. The van der Waals surface area contributed by atoms with Gasteiger partial charge < -0.3 is 15.0 Å². The number of nitrogens with zero attached hydrogens (tertiary/aromatic N) is 2. The highest BCUT2D eigenvalue weighted by molar-refractivity contribution is 6.04. The highest BCUT2D eigenvalue weighted by atomic mass is 19.4.